The van der Waals surface area contributed by atoms with Crippen LogP contribution in [0.5, 0.6) is 0 Å². The fourth-order valence-electron chi connectivity index (χ4n) is 1.01. The van der Waals surface area contributed by atoms with E-state index in [0.717, 1.165) is 0 Å². The monoisotopic (exact) mass is 221 g/mol. The molecule has 0 radical (unpaired) electrons. The molecule has 0 saturated heterocycles. The summed E-state index contributed by atoms with van der Waals surface area (Å²) in [5.74, 6) is -2.65. The van der Waals surface area contributed by atoms with Crippen molar-refractivity contribution in [3.63, 3.8) is 0 Å². The smallest absolute Gasteiger partial charge is 0.308 e. The molecule has 0 unspecified atom stereocenters. The van der Waals surface area contributed by atoms with Crippen LogP contribution in [0.1, 0.15) is 17.7 Å². The molecule has 7 heteroatoms. The molecule has 1 heterocycles. The van der Waals surface area contributed by atoms with E-state index in [1.165, 1.54) is 0 Å². The zero-order chi connectivity index (χ0) is 11.6. The molecular weight excluding hydrogens is 215 g/mol. The Morgan fingerprint density at radius 2 is 2.13 bits per heavy atom. The van der Waals surface area contributed by atoms with Crippen molar-refractivity contribution >= 4 is 5.97 Å². The molecule has 1 aromatic heterocycles. The Labute approximate surface area is 81.4 Å². The molecule has 1 aromatic rings. The second-order valence-electron chi connectivity index (χ2n) is 2.75. The van der Waals surface area contributed by atoms with Crippen molar-refractivity contribution in [2.45, 2.75) is 12.8 Å². The zero-order valence-corrected chi connectivity index (χ0v) is 7.26. The fourth-order valence-corrected chi connectivity index (χ4v) is 1.01. The number of nitrogens with one attached hydrogen (secondary N) is 1. The minimum atomic E-state index is -3.01. The van der Waals surface area contributed by atoms with E-state index in [-0.39, 0.29) is 0 Å². The highest BCUT2D eigenvalue weighted by molar-refractivity contribution is 5.70. The predicted octanol–water partition coefficient (Wildman–Crippen LogP) is 1.08. The molecule has 0 amide bonds. The van der Waals surface area contributed by atoms with Crippen molar-refractivity contribution in [1.82, 2.24) is 4.98 Å². The number of H-pyrrole nitrogens is 1. The third-order valence-electron chi connectivity index (χ3n) is 1.67. The molecule has 0 aliphatic heterocycles. The Morgan fingerprint density at radius 1 is 1.53 bits per heavy atom. The van der Waals surface area contributed by atoms with Gasteiger partial charge in [-0.15, -0.1) is 0 Å². The summed E-state index contributed by atoms with van der Waals surface area (Å²) in [6.45, 7) is 0. The first-order valence-corrected chi connectivity index (χ1v) is 3.83. The van der Waals surface area contributed by atoms with Crippen LogP contribution in [0.25, 0.3) is 0 Å². The number of pyridine rings is 1. The molecule has 2 N–H and O–H groups in total. The lowest BCUT2D eigenvalue weighted by atomic mass is 10.2. The molecule has 0 saturated carbocycles. The summed E-state index contributed by atoms with van der Waals surface area (Å²) >= 11 is 0. The SMILES string of the molecule is O=C(O)Cc1c(F)cc(C(F)F)[nH]c1=O. The van der Waals surface area contributed by atoms with Gasteiger partial charge in [-0.25, -0.2) is 13.2 Å². The lowest BCUT2D eigenvalue weighted by molar-refractivity contribution is -0.136. The Kier molecular flexibility index (Phi) is 3.13. The van der Waals surface area contributed by atoms with E-state index in [2.05, 4.69) is 0 Å². The maximum atomic E-state index is 13.0. The van der Waals surface area contributed by atoms with E-state index >= 15 is 0 Å². The first kappa shape index (κ1) is 11.3. The molecule has 0 aliphatic rings. The van der Waals surface area contributed by atoms with Crippen molar-refractivity contribution in [3.8, 4) is 0 Å². The number of hydrogen-bond acceptors (Lipinski definition) is 2. The van der Waals surface area contributed by atoms with Gasteiger partial charge in [0.05, 0.1) is 17.7 Å². The van der Waals surface area contributed by atoms with Crippen molar-refractivity contribution in [2.75, 3.05) is 0 Å². The zero-order valence-electron chi connectivity index (χ0n) is 7.26. The molecular formula is C8H6F3NO3. The number of carbonyl (C=O) groups is 1. The van der Waals surface area contributed by atoms with Crippen LogP contribution in [0.3, 0.4) is 0 Å². The molecule has 0 spiro atoms. The minimum absolute atomic E-state index is 0.421. The lowest BCUT2D eigenvalue weighted by Crippen LogP contribution is -2.20. The number of aliphatic carboxylic acids is 1. The summed E-state index contributed by atoms with van der Waals surface area (Å²) < 4.78 is 37.2. The molecule has 15 heavy (non-hydrogen) atoms. The van der Waals surface area contributed by atoms with E-state index in [1.807, 2.05) is 0 Å². The van der Waals surface area contributed by atoms with Crippen LogP contribution in [-0.4, -0.2) is 16.1 Å². The van der Waals surface area contributed by atoms with Crippen molar-refractivity contribution in [3.05, 3.63) is 33.5 Å². The van der Waals surface area contributed by atoms with Crippen molar-refractivity contribution in [1.29, 1.82) is 0 Å². The van der Waals surface area contributed by atoms with Gasteiger partial charge >= 0.3 is 5.97 Å². The molecule has 0 atom stereocenters. The van der Waals surface area contributed by atoms with Gasteiger partial charge in [0.2, 0.25) is 0 Å². The van der Waals surface area contributed by atoms with E-state index < -0.39 is 41.4 Å². The van der Waals surface area contributed by atoms with Gasteiger partial charge in [-0.3, -0.25) is 9.59 Å². The Bertz CT molecular complexity index is 441. The van der Waals surface area contributed by atoms with Crippen LogP contribution in [0, 0.1) is 5.82 Å². The van der Waals surface area contributed by atoms with Gasteiger partial charge < -0.3 is 10.1 Å². The summed E-state index contributed by atoms with van der Waals surface area (Å²) in [6, 6.07) is 0.421. The van der Waals surface area contributed by atoms with Gasteiger partial charge in [-0.05, 0) is 6.07 Å². The topological polar surface area (TPSA) is 70.2 Å². The van der Waals surface area contributed by atoms with Crippen LogP contribution < -0.4 is 5.56 Å². The van der Waals surface area contributed by atoms with E-state index in [1.54, 1.807) is 4.98 Å². The van der Waals surface area contributed by atoms with Crippen LogP contribution in [0.4, 0.5) is 13.2 Å². The average molecular weight is 221 g/mol. The molecule has 0 bridgehead atoms. The molecule has 0 aromatic carbocycles. The second kappa shape index (κ2) is 4.16. The number of halogens is 3. The van der Waals surface area contributed by atoms with Crippen LogP contribution in [-0.2, 0) is 11.2 Å². The van der Waals surface area contributed by atoms with Gasteiger partial charge in [0.1, 0.15) is 5.82 Å². The average Bonchev–Trinajstić information content (AvgIpc) is 2.10. The third kappa shape index (κ3) is 2.58. The maximum Gasteiger partial charge on any atom is 0.308 e. The first-order valence-electron chi connectivity index (χ1n) is 3.83. The lowest BCUT2D eigenvalue weighted by Gasteiger charge is -2.02. The molecule has 82 valence electrons. The summed E-state index contributed by atoms with van der Waals surface area (Å²) in [5.41, 5.74) is -2.67. The van der Waals surface area contributed by atoms with Gasteiger partial charge in [-0.1, -0.05) is 0 Å². The number of aromatic nitrogens is 1. The molecule has 4 nitrogen and oxygen atoms in total. The number of carboxylic acid groups (broad SMARTS) is 1. The summed E-state index contributed by atoms with van der Waals surface area (Å²) in [7, 11) is 0. The minimum Gasteiger partial charge on any atom is -0.481 e. The maximum absolute atomic E-state index is 13.0. The van der Waals surface area contributed by atoms with Gasteiger partial charge in [-0.2, -0.15) is 0 Å². The summed E-state index contributed by atoms with van der Waals surface area (Å²) in [4.78, 5) is 22.9. The van der Waals surface area contributed by atoms with Crippen LogP contribution in [0.15, 0.2) is 10.9 Å². The van der Waals surface area contributed by atoms with Crippen LogP contribution in [0.2, 0.25) is 0 Å². The second-order valence-corrected chi connectivity index (χ2v) is 2.75. The third-order valence-corrected chi connectivity index (χ3v) is 1.67. The van der Waals surface area contributed by atoms with Crippen molar-refractivity contribution < 1.29 is 23.1 Å². The van der Waals surface area contributed by atoms with Gasteiger partial charge in [0, 0.05) is 0 Å². The highest BCUT2D eigenvalue weighted by Crippen LogP contribution is 2.16. The van der Waals surface area contributed by atoms with Gasteiger partial charge in [0.25, 0.3) is 12.0 Å². The van der Waals surface area contributed by atoms with Crippen molar-refractivity contribution in [2.24, 2.45) is 0 Å². The Hall–Kier alpha value is -1.79. The summed E-state index contributed by atoms with van der Waals surface area (Å²) in [5, 5.41) is 8.33. The Morgan fingerprint density at radius 3 is 2.53 bits per heavy atom. The normalized spacial score (nSPS) is 10.7. The number of aromatic amines is 1. The van der Waals surface area contributed by atoms with Crippen LogP contribution >= 0.6 is 0 Å². The number of carboxylic acids is 1. The highest BCUT2D eigenvalue weighted by Gasteiger charge is 2.16. The Balaban J connectivity index is 3.21. The summed E-state index contributed by atoms with van der Waals surface area (Å²) in [6.07, 6.45) is -3.85. The molecule has 0 fully saturated rings. The largest absolute Gasteiger partial charge is 0.481 e. The van der Waals surface area contributed by atoms with Gasteiger partial charge in [0.15, 0.2) is 0 Å². The van der Waals surface area contributed by atoms with E-state index in [0.29, 0.717) is 6.07 Å². The molecule has 1 rings (SSSR count). The van der Waals surface area contributed by atoms with E-state index in [4.69, 9.17) is 5.11 Å². The van der Waals surface area contributed by atoms with E-state index in [9.17, 15) is 22.8 Å². The molecule has 0 aliphatic carbocycles. The predicted molar refractivity (Wildman–Crippen MR) is 43.3 cm³/mol. The number of hydrogen-bond donors (Lipinski definition) is 2. The first-order chi connectivity index (χ1) is 6.91. The standard InChI is InChI=1S/C8H6F3NO3/c9-4-2-5(7(10)11)12-8(15)3(4)1-6(13)14/h2,7H,1H2,(H,12,15)(H,13,14). The number of alkyl halides is 2. The fraction of sp³-hybridized carbons (Fsp3) is 0.250. The highest BCUT2D eigenvalue weighted by atomic mass is 19.3. The number of rotatable bonds is 3. The quantitative estimate of drug-likeness (QED) is 0.802.